The molecule has 3 aromatic heterocycles. The van der Waals surface area contributed by atoms with Crippen molar-refractivity contribution in [1.29, 1.82) is 0 Å². The van der Waals surface area contributed by atoms with E-state index in [1.54, 1.807) is 36.9 Å². The Kier molecular flexibility index (Phi) is 3.68. The van der Waals surface area contributed by atoms with Gasteiger partial charge in [0.05, 0.1) is 22.8 Å². The van der Waals surface area contributed by atoms with E-state index in [0.717, 1.165) is 21.8 Å². The minimum atomic E-state index is -0.582. The molecule has 0 saturated carbocycles. The molecule has 0 aliphatic heterocycles. The Balaban J connectivity index is 2.08. The van der Waals surface area contributed by atoms with Crippen molar-refractivity contribution < 1.29 is 9.53 Å². The van der Waals surface area contributed by atoms with Crippen molar-refractivity contribution in [2.24, 2.45) is 0 Å². The molecule has 3 heterocycles. The van der Waals surface area contributed by atoms with Crippen LogP contribution in [0.1, 0.15) is 31.1 Å². The van der Waals surface area contributed by atoms with Crippen LogP contribution in [0.4, 0.5) is 0 Å². The second-order valence-electron chi connectivity index (χ2n) is 6.98. The molecule has 4 rings (SSSR count). The first-order chi connectivity index (χ1) is 12.5. The van der Waals surface area contributed by atoms with Crippen molar-refractivity contribution >= 4 is 27.8 Å². The van der Waals surface area contributed by atoms with Crippen LogP contribution in [0.25, 0.3) is 27.8 Å². The van der Waals surface area contributed by atoms with Crippen molar-refractivity contribution in [2.45, 2.75) is 26.4 Å². The number of benzene rings is 1. The average Bonchev–Trinajstić information content (AvgIpc) is 2.95. The molecule has 0 amide bonds. The van der Waals surface area contributed by atoms with Gasteiger partial charge in [-0.25, -0.2) is 14.8 Å². The van der Waals surface area contributed by atoms with Gasteiger partial charge in [-0.3, -0.25) is 9.55 Å². The first kappa shape index (κ1) is 16.2. The average molecular weight is 346 g/mol. The number of para-hydroxylation sites is 1. The number of hydrogen-bond acceptors (Lipinski definition) is 5. The minimum Gasteiger partial charge on any atom is -0.456 e. The number of hydrogen-bond donors (Lipinski definition) is 0. The maximum atomic E-state index is 12.8. The number of fused-ring (bicyclic) bond motifs is 3. The second kappa shape index (κ2) is 5.91. The highest BCUT2D eigenvalue weighted by atomic mass is 16.6. The Morgan fingerprint density at radius 2 is 1.77 bits per heavy atom. The summed E-state index contributed by atoms with van der Waals surface area (Å²) in [5.74, 6) is 0.104. The van der Waals surface area contributed by atoms with Crippen molar-refractivity contribution in [3.63, 3.8) is 0 Å². The maximum Gasteiger partial charge on any atom is 0.340 e. The maximum absolute atomic E-state index is 12.8. The number of carbonyl (C=O) groups is 1. The van der Waals surface area contributed by atoms with Gasteiger partial charge >= 0.3 is 5.97 Å². The highest BCUT2D eigenvalue weighted by molar-refractivity contribution is 6.15. The SMILES string of the molecule is CC(C)(C)OC(=O)c1cccc2c3ccncc3n(-c3ncccn3)c12. The lowest BCUT2D eigenvalue weighted by molar-refractivity contribution is 0.00715. The number of nitrogens with zero attached hydrogens (tertiary/aromatic N) is 4. The summed E-state index contributed by atoms with van der Waals surface area (Å²) in [5.41, 5.74) is 1.45. The molecule has 0 radical (unpaired) electrons. The van der Waals surface area contributed by atoms with E-state index in [-0.39, 0.29) is 5.97 Å². The molecular weight excluding hydrogens is 328 g/mol. The van der Waals surface area contributed by atoms with Crippen LogP contribution >= 0.6 is 0 Å². The first-order valence-electron chi connectivity index (χ1n) is 8.33. The molecule has 6 nitrogen and oxygen atoms in total. The van der Waals surface area contributed by atoms with E-state index in [1.165, 1.54) is 0 Å². The number of aromatic nitrogens is 4. The van der Waals surface area contributed by atoms with E-state index >= 15 is 0 Å². The zero-order valence-corrected chi connectivity index (χ0v) is 14.8. The van der Waals surface area contributed by atoms with E-state index < -0.39 is 5.60 Å². The number of esters is 1. The van der Waals surface area contributed by atoms with Gasteiger partial charge in [-0.1, -0.05) is 12.1 Å². The lowest BCUT2D eigenvalue weighted by Crippen LogP contribution is -2.24. The topological polar surface area (TPSA) is 69.9 Å². The van der Waals surface area contributed by atoms with E-state index in [4.69, 9.17) is 4.74 Å². The van der Waals surface area contributed by atoms with Crippen LogP contribution in [0.3, 0.4) is 0 Å². The number of carbonyl (C=O) groups excluding carboxylic acids is 1. The summed E-state index contributed by atoms with van der Waals surface area (Å²) < 4.78 is 7.47. The summed E-state index contributed by atoms with van der Waals surface area (Å²) in [5, 5.41) is 1.91. The predicted molar refractivity (Wildman–Crippen MR) is 99.3 cm³/mol. The van der Waals surface area contributed by atoms with Crippen LogP contribution < -0.4 is 0 Å². The van der Waals surface area contributed by atoms with Crippen LogP contribution in [0.15, 0.2) is 55.1 Å². The van der Waals surface area contributed by atoms with Crippen LogP contribution in [-0.4, -0.2) is 31.1 Å². The molecule has 130 valence electrons. The molecule has 0 unspecified atom stereocenters. The van der Waals surface area contributed by atoms with E-state index in [9.17, 15) is 4.79 Å². The largest absolute Gasteiger partial charge is 0.456 e. The van der Waals surface area contributed by atoms with Crippen molar-refractivity contribution in [2.75, 3.05) is 0 Å². The highest BCUT2D eigenvalue weighted by Gasteiger charge is 2.24. The van der Waals surface area contributed by atoms with Crippen LogP contribution in [0, 0.1) is 0 Å². The molecule has 0 spiro atoms. The summed E-state index contributed by atoms with van der Waals surface area (Å²) >= 11 is 0. The van der Waals surface area contributed by atoms with Gasteiger partial charge in [0.15, 0.2) is 0 Å². The molecule has 0 aliphatic carbocycles. The molecule has 0 atom stereocenters. The molecule has 0 aliphatic rings. The van der Waals surface area contributed by atoms with Crippen LogP contribution in [-0.2, 0) is 4.74 Å². The Labute approximate surface area is 150 Å². The molecule has 0 N–H and O–H groups in total. The third-order valence-corrected chi connectivity index (χ3v) is 3.96. The van der Waals surface area contributed by atoms with Crippen LogP contribution in [0.5, 0.6) is 0 Å². The zero-order chi connectivity index (χ0) is 18.3. The minimum absolute atomic E-state index is 0.379. The van der Waals surface area contributed by atoms with E-state index in [2.05, 4.69) is 15.0 Å². The Hall–Kier alpha value is -3.28. The van der Waals surface area contributed by atoms with Gasteiger partial charge < -0.3 is 4.74 Å². The standard InChI is InChI=1S/C20H18N4O2/c1-20(2,3)26-18(25)15-7-4-6-14-13-8-11-21-12-16(13)24(17(14)15)19-22-9-5-10-23-19/h4-12H,1-3H3. The Bertz CT molecular complexity index is 1110. The van der Waals surface area contributed by atoms with Gasteiger partial charge in [0.1, 0.15) is 5.60 Å². The van der Waals surface area contributed by atoms with Crippen molar-refractivity contribution in [3.8, 4) is 5.95 Å². The van der Waals surface area contributed by atoms with E-state index in [1.807, 2.05) is 43.5 Å². The lowest BCUT2D eigenvalue weighted by atomic mass is 10.1. The monoisotopic (exact) mass is 346 g/mol. The highest BCUT2D eigenvalue weighted by Crippen LogP contribution is 2.33. The van der Waals surface area contributed by atoms with Gasteiger partial charge in [-0.2, -0.15) is 0 Å². The Morgan fingerprint density at radius 3 is 2.50 bits per heavy atom. The third-order valence-electron chi connectivity index (χ3n) is 3.96. The zero-order valence-electron chi connectivity index (χ0n) is 14.8. The summed E-state index contributed by atoms with van der Waals surface area (Å²) in [6, 6.07) is 9.28. The molecule has 0 bridgehead atoms. The fourth-order valence-electron chi connectivity index (χ4n) is 3.03. The quantitative estimate of drug-likeness (QED) is 0.515. The molecule has 26 heavy (non-hydrogen) atoms. The van der Waals surface area contributed by atoms with Crippen molar-refractivity contribution in [3.05, 3.63) is 60.7 Å². The van der Waals surface area contributed by atoms with Crippen molar-refractivity contribution in [1.82, 2.24) is 19.5 Å². The fraction of sp³-hybridized carbons (Fsp3) is 0.200. The normalized spacial score (nSPS) is 11.8. The van der Waals surface area contributed by atoms with Gasteiger partial charge in [0.2, 0.25) is 5.95 Å². The van der Waals surface area contributed by atoms with E-state index in [0.29, 0.717) is 11.5 Å². The third kappa shape index (κ3) is 2.69. The number of ether oxygens (including phenoxy) is 1. The van der Waals surface area contributed by atoms with Gasteiger partial charge in [0.25, 0.3) is 0 Å². The summed E-state index contributed by atoms with van der Waals surface area (Å²) in [6.07, 6.45) is 6.83. The molecule has 1 aromatic carbocycles. The lowest BCUT2D eigenvalue weighted by Gasteiger charge is -2.20. The fourth-order valence-corrected chi connectivity index (χ4v) is 3.03. The summed E-state index contributed by atoms with van der Waals surface area (Å²) in [6.45, 7) is 5.56. The number of rotatable bonds is 2. The van der Waals surface area contributed by atoms with Crippen LogP contribution in [0.2, 0.25) is 0 Å². The first-order valence-corrected chi connectivity index (χ1v) is 8.33. The molecule has 0 saturated heterocycles. The molecule has 0 fully saturated rings. The van der Waals surface area contributed by atoms with Gasteiger partial charge in [-0.15, -0.1) is 0 Å². The second-order valence-corrected chi connectivity index (χ2v) is 6.98. The molecule has 4 aromatic rings. The number of pyridine rings is 1. The molecule has 6 heteroatoms. The smallest absolute Gasteiger partial charge is 0.340 e. The summed E-state index contributed by atoms with van der Waals surface area (Å²) in [4.78, 5) is 25.8. The van der Waals surface area contributed by atoms with Gasteiger partial charge in [0, 0.05) is 29.4 Å². The van der Waals surface area contributed by atoms with Gasteiger partial charge in [-0.05, 0) is 39.0 Å². The predicted octanol–water partition coefficient (Wildman–Crippen LogP) is 3.92. The Morgan fingerprint density at radius 1 is 1.00 bits per heavy atom. The summed E-state index contributed by atoms with van der Waals surface area (Å²) in [7, 11) is 0. The molecular formula is C20H18N4O2.